The SMILES string of the molecule is CCC/C(C)=C(\C)C1CCCCC1.CNC. The van der Waals surface area contributed by atoms with Crippen LogP contribution in [0.15, 0.2) is 11.1 Å². The smallest absolute Gasteiger partial charge is 0.0167 e. The molecule has 0 heterocycles. The molecule has 1 aliphatic carbocycles. The van der Waals surface area contributed by atoms with Crippen LogP contribution in [0.25, 0.3) is 0 Å². The molecule has 0 bridgehead atoms. The summed E-state index contributed by atoms with van der Waals surface area (Å²) in [6.45, 7) is 6.96. The fraction of sp³-hybridized carbons (Fsp3) is 0.867. The molecule has 0 unspecified atom stereocenters. The number of hydrogen-bond acceptors (Lipinski definition) is 1. The van der Waals surface area contributed by atoms with Crippen molar-refractivity contribution in [3.05, 3.63) is 11.1 Å². The van der Waals surface area contributed by atoms with Gasteiger partial charge in [0.05, 0.1) is 0 Å². The van der Waals surface area contributed by atoms with Gasteiger partial charge in [0.25, 0.3) is 0 Å². The summed E-state index contributed by atoms with van der Waals surface area (Å²) in [5.74, 6) is 0.931. The summed E-state index contributed by atoms with van der Waals surface area (Å²) >= 11 is 0. The molecule has 1 nitrogen and oxygen atoms in total. The van der Waals surface area contributed by atoms with Crippen LogP contribution in [0.4, 0.5) is 0 Å². The molecule has 1 aliphatic rings. The average Bonchev–Trinajstić information content (AvgIpc) is 2.30. The Morgan fingerprint density at radius 3 is 2.00 bits per heavy atom. The molecule has 1 heteroatoms. The second-order valence-corrected chi connectivity index (χ2v) is 5.05. The summed E-state index contributed by atoms with van der Waals surface area (Å²) < 4.78 is 0. The van der Waals surface area contributed by atoms with E-state index in [0.717, 1.165) is 5.92 Å². The Balaban J connectivity index is 0.000000673. The molecular formula is C15H31N. The predicted molar refractivity (Wildman–Crippen MR) is 74.8 cm³/mol. The molecule has 1 rings (SSSR count). The third-order valence-electron chi connectivity index (χ3n) is 3.52. The number of hydrogen-bond donors (Lipinski definition) is 1. The Kier molecular flexibility index (Phi) is 9.71. The average molecular weight is 225 g/mol. The van der Waals surface area contributed by atoms with Gasteiger partial charge >= 0.3 is 0 Å². The minimum Gasteiger partial charge on any atom is -0.323 e. The zero-order valence-corrected chi connectivity index (χ0v) is 12.0. The first-order chi connectivity index (χ1) is 7.67. The van der Waals surface area contributed by atoms with Crippen LogP contribution < -0.4 is 5.32 Å². The topological polar surface area (TPSA) is 12.0 Å². The van der Waals surface area contributed by atoms with Crippen LogP contribution in [-0.4, -0.2) is 14.1 Å². The second-order valence-electron chi connectivity index (χ2n) is 5.05. The van der Waals surface area contributed by atoms with Crippen molar-refractivity contribution in [1.29, 1.82) is 0 Å². The predicted octanol–water partition coefficient (Wildman–Crippen LogP) is 4.54. The summed E-state index contributed by atoms with van der Waals surface area (Å²) in [5.41, 5.74) is 3.37. The summed E-state index contributed by atoms with van der Waals surface area (Å²) in [7, 11) is 3.75. The maximum atomic E-state index is 2.75. The van der Waals surface area contributed by atoms with Crippen molar-refractivity contribution in [1.82, 2.24) is 5.32 Å². The summed E-state index contributed by atoms with van der Waals surface area (Å²) in [4.78, 5) is 0. The Morgan fingerprint density at radius 2 is 1.56 bits per heavy atom. The lowest BCUT2D eigenvalue weighted by Crippen LogP contribution is -2.08. The van der Waals surface area contributed by atoms with Gasteiger partial charge in [-0.15, -0.1) is 0 Å². The van der Waals surface area contributed by atoms with E-state index in [-0.39, 0.29) is 0 Å². The van der Waals surface area contributed by atoms with Gasteiger partial charge in [0, 0.05) is 0 Å². The fourth-order valence-electron chi connectivity index (χ4n) is 2.46. The van der Waals surface area contributed by atoms with Gasteiger partial charge in [-0.05, 0) is 53.1 Å². The van der Waals surface area contributed by atoms with Gasteiger partial charge in [-0.25, -0.2) is 0 Å². The standard InChI is InChI=1S/C13H24.C2H7N/c1-4-8-11(2)12(3)13-9-6-5-7-10-13;1-3-2/h13H,4-10H2,1-3H3;3H,1-2H3/b12-11+;. The van der Waals surface area contributed by atoms with E-state index in [4.69, 9.17) is 0 Å². The lowest BCUT2D eigenvalue weighted by Gasteiger charge is -2.24. The molecule has 0 radical (unpaired) electrons. The monoisotopic (exact) mass is 225 g/mol. The van der Waals surface area contributed by atoms with Crippen molar-refractivity contribution in [3.63, 3.8) is 0 Å². The van der Waals surface area contributed by atoms with Crippen LogP contribution in [-0.2, 0) is 0 Å². The lowest BCUT2D eigenvalue weighted by atomic mass is 9.82. The Labute approximate surface area is 103 Å². The minimum absolute atomic E-state index is 0.931. The zero-order chi connectivity index (χ0) is 12.4. The van der Waals surface area contributed by atoms with E-state index in [9.17, 15) is 0 Å². The molecule has 0 saturated heterocycles. The second kappa shape index (κ2) is 9.89. The van der Waals surface area contributed by atoms with Crippen LogP contribution in [0.3, 0.4) is 0 Å². The first-order valence-corrected chi connectivity index (χ1v) is 6.92. The largest absolute Gasteiger partial charge is 0.323 e. The van der Waals surface area contributed by atoms with E-state index < -0.39 is 0 Å². The molecule has 0 aromatic heterocycles. The van der Waals surface area contributed by atoms with Crippen molar-refractivity contribution in [2.75, 3.05) is 14.1 Å². The third kappa shape index (κ3) is 6.32. The van der Waals surface area contributed by atoms with Crippen molar-refractivity contribution in [2.45, 2.75) is 65.7 Å². The van der Waals surface area contributed by atoms with Gasteiger partial charge in [0.1, 0.15) is 0 Å². The van der Waals surface area contributed by atoms with Gasteiger partial charge in [0.2, 0.25) is 0 Å². The molecule has 1 saturated carbocycles. The van der Waals surface area contributed by atoms with E-state index in [1.54, 1.807) is 11.1 Å². The molecule has 0 aliphatic heterocycles. The molecule has 0 spiro atoms. The summed E-state index contributed by atoms with van der Waals surface area (Å²) in [5, 5.41) is 2.75. The molecule has 96 valence electrons. The van der Waals surface area contributed by atoms with Crippen molar-refractivity contribution < 1.29 is 0 Å². The normalized spacial score (nSPS) is 18.6. The Bertz CT molecular complexity index is 188. The van der Waals surface area contributed by atoms with Crippen molar-refractivity contribution in [2.24, 2.45) is 5.92 Å². The highest BCUT2D eigenvalue weighted by Gasteiger charge is 2.15. The van der Waals surface area contributed by atoms with Gasteiger partial charge in [-0.2, -0.15) is 0 Å². The highest BCUT2D eigenvalue weighted by atomic mass is 14.7. The van der Waals surface area contributed by atoms with Gasteiger partial charge in [0.15, 0.2) is 0 Å². The van der Waals surface area contributed by atoms with Crippen LogP contribution >= 0.6 is 0 Å². The summed E-state index contributed by atoms with van der Waals surface area (Å²) in [6.07, 6.45) is 9.90. The third-order valence-corrected chi connectivity index (χ3v) is 3.52. The molecule has 0 atom stereocenters. The minimum atomic E-state index is 0.931. The van der Waals surface area contributed by atoms with E-state index in [1.165, 1.54) is 44.9 Å². The van der Waals surface area contributed by atoms with Crippen LogP contribution in [0.2, 0.25) is 0 Å². The van der Waals surface area contributed by atoms with E-state index >= 15 is 0 Å². The quantitative estimate of drug-likeness (QED) is 0.695. The number of allylic oxidation sites excluding steroid dienone is 2. The molecule has 1 fully saturated rings. The van der Waals surface area contributed by atoms with Crippen molar-refractivity contribution in [3.8, 4) is 0 Å². The van der Waals surface area contributed by atoms with Crippen LogP contribution in [0.5, 0.6) is 0 Å². The summed E-state index contributed by atoms with van der Waals surface area (Å²) in [6, 6.07) is 0. The lowest BCUT2D eigenvalue weighted by molar-refractivity contribution is 0.400. The molecule has 0 aromatic carbocycles. The fourth-order valence-corrected chi connectivity index (χ4v) is 2.46. The zero-order valence-electron chi connectivity index (χ0n) is 12.0. The Morgan fingerprint density at radius 1 is 1.06 bits per heavy atom. The van der Waals surface area contributed by atoms with Gasteiger partial charge in [-0.1, -0.05) is 43.8 Å². The highest BCUT2D eigenvalue weighted by Crippen LogP contribution is 2.31. The molecule has 16 heavy (non-hydrogen) atoms. The van der Waals surface area contributed by atoms with Crippen LogP contribution in [0.1, 0.15) is 65.7 Å². The van der Waals surface area contributed by atoms with Gasteiger partial charge in [-0.3, -0.25) is 0 Å². The number of rotatable bonds is 3. The Hall–Kier alpha value is -0.300. The number of nitrogens with one attached hydrogen (secondary N) is 1. The molecule has 1 N–H and O–H groups in total. The maximum absolute atomic E-state index is 2.75. The van der Waals surface area contributed by atoms with Crippen LogP contribution in [0, 0.1) is 5.92 Å². The van der Waals surface area contributed by atoms with Crippen molar-refractivity contribution >= 4 is 0 Å². The van der Waals surface area contributed by atoms with E-state index in [1.807, 2.05) is 14.1 Å². The van der Waals surface area contributed by atoms with Gasteiger partial charge < -0.3 is 5.32 Å². The maximum Gasteiger partial charge on any atom is -0.0167 e. The molecule has 0 aromatic rings. The first-order valence-electron chi connectivity index (χ1n) is 6.92. The van der Waals surface area contributed by atoms with E-state index in [0.29, 0.717) is 0 Å². The first kappa shape index (κ1) is 15.7. The van der Waals surface area contributed by atoms with E-state index in [2.05, 4.69) is 26.1 Å². The molecular weight excluding hydrogens is 194 g/mol. The highest BCUT2D eigenvalue weighted by molar-refractivity contribution is 5.13. The molecule has 0 amide bonds.